The molecule has 2 rings (SSSR count). The van der Waals surface area contributed by atoms with Crippen molar-refractivity contribution in [2.45, 2.75) is 13.8 Å². The second kappa shape index (κ2) is 3.44. The van der Waals surface area contributed by atoms with E-state index in [1.165, 1.54) is 6.20 Å². The van der Waals surface area contributed by atoms with Crippen molar-refractivity contribution in [3.05, 3.63) is 40.1 Å². The molecule has 0 bridgehead atoms. The monoisotopic (exact) mass is 217 g/mol. The van der Waals surface area contributed by atoms with Gasteiger partial charge in [0.1, 0.15) is 0 Å². The largest absolute Gasteiger partial charge is 0.351 e. The Morgan fingerprint density at radius 2 is 2.06 bits per heavy atom. The Morgan fingerprint density at radius 3 is 2.69 bits per heavy atom. The maximum absolute atomic E-state index is 12.0. The third-order valence-electron chi connectivity index (χ3n) is 2.76. The van der Waals surface area contributed by atoms with Crippen LogP contribution in [0.3, 0.4) is 0 Å². The van der Waals surface area contributed by atoms with Crippen LogP contribution in [0.4, 0.5) is 4.79 Å². The normalized spacial score (nSPS) is 10.6. The third kappa shape index (κ3) is 1.29. The number of pyridine rings is 2. The Balaban J connectivity index is 3.07. The van der Waals surface area contributed by atoms with Crippen molar-refractivity contribution in [2.75, 3.05) is 0 Å². The van der Waals surface area contributed by atoms with Gasteiger partial charge < -0.3 is 5.73 Å². The van der Waals surface area contributed by atoms with Gasteiger partial charge in [0, 0.05) is 23.5 Å². The summed E-state index contributed by atoms with van der Waals surface area (Å²) in [5.74, 6) is 0. The molecule has 16 heavy (non-hydrogen) atoms. The molecule has 2 aromatic rings. The number of aromatic nitrogens is 2. The summed E-state index contributed by atoms with van der Waals surface area (Å²) in [5, 5.41) is 1.21. The standard InChI is InChI=1S/C11H11N3O2/c1-6-7(2)14(11(12)16)10(15)8-3-4-13-5-9(6)8/h3-5H,1-2H3,(H2,12,16). The van der Waals surface area contributed by atoms with Crippen molar-refractivity contribution in [2.24, 2.45) is 5.73 Å². The van der Waals surface area contributed by atoms with Crippen molar-refractivity contribution >= 4 is 16.8 Å². The van der Waals surface area contributed by atoms with Crippen molar-refractivity contribution in [1.29, 1.82) is 0 Å². The third-order valence-corrected chi connectivity index (χ3v) is 2.76. The molecule has 1 amide bonds. The Labute approximate surface area is 91.5 Å². The van der Waals surface area contributed by atoms with E-state index in [-0.39, 0.29) is 0 Å². The van der Waals surface area contributed by atoms with E-state index in [0.29, 0.717) is 11.1 Å². The minimum Gasteiger partial charge on any atom is -0.351 e. The van der Waals surface area contributed by atoms with Gasteiger partial charge in [-0.2, -0.15) is 0 Å². The molecule has 0 aliphatic rings. The van der Waals surface area contributed by atoms with Gasteiger partial charge >= 0.3 is 6.03 Å². The van der Waals surface area contributed by atoms with E-state index in [4.69, 9.17) is 5.73 Å². The Kier molecular flexibility index (Phi) is 2.23. The lowest BCUT2D eigenvalue weighted by Crippen LogP contribution is -2.34. The number of fused-ring (bicyclic) bond motifs is 1. The van der Waals surface area contributed by atoms with Crippen molar-refractivity contribution < 1.29 is 4.79 Å². The van der Waals surface area contributed by atoms with Gasteiger partial charge in [0.05, 0.1) is 5.39 Å². The molecular weight excluding hydrogens is 206 g/mol. The van der Waals surface area contributed by atoms with E-state index >= 15 is 0 Å². The highest BCUT2D eigenvalue weighted by Gasteiger charge is 2.13. The number of primary amides is 1. The minimum absolute atomic E-state index is 0.395. The van der Waals surface area contributed by atoms with E-state index in [9.17, 15) is 9.59 Å². The molecule has 82 valence electrons. The zero-order chi connectivity index (χ0) is 11.9. The van der Waals surface area contributed by atoms with Gasteiger partial charge in [0.15, 0.2) is 0 Å². The molecule has 0 aliphatic carbocycles. The Morgan fingerprint density at radius 1 is 1.38 bits per heavy atom. The lowest BCUT2D eigenvalue weighted by atomic mass is 10.1. The van der Waals surface area contributed by atoms with Crippen LogP contribution in [-0.2, 0) is 0 Å². The van der Waals surface area contributed by atoms with Gasteiger partial charge in [-0.25, -0.2) is 9.36 Å². The van der Waals surface area contributed by atoms with Gasteiger partial charge in [-0.05, 0) is 25.5 Å². The first-order valence-corrected chi connectivity index (χ1v) is 4.79. The van der Waals surface area contributed by atoms with Crippen LogP contribution in [0, 0.1) is 13.8 Å². The zero-order valence-electron chi connectivity index (χ0n) is 9.02. The molecule has 5 heteroatoms. The molecule has 2 N–H and O–H groups in total. The smallest absolute Gasteiger partial charge is 0.326 e. The van der Waals surface area contributed by atoms with Crippen LogP contribution in [-0.4, -0.2) is 15.6 Å². The number of hydrogen-bond donors (Lipinski definition) is 1. The quantitative estimate of drug-likeness (QED) is 0.713. The number of nitrogens with two attached hydrogens (primary N) is 1. The predicted octanol–water partition coefficient (Wildman–Crippen LogP) is 0.940. The Hall–Kier alpha value is -2.17. The van der Waals surface area contributed by atoms with E-state index in [2.05, 4.69) is 4.98 Å². The molecule has 0 radical (unpaired) electrons. The molecule has 0 saturated carbocycles. The molecule has 0 saturated heterocycles. The molecule has 2 heterocycles. The first kappa shape index (κ1) is 10.4. The second-order valence-electron chi connectivity index (χ2n) is 3.61. The van der Waals surface area contributed by atoms with E-state index in [0.717, 1.165) is 15.5 Å². The highest BCUT2D eigenvalue weighted by atomic mass is 16.2. The lowest BCUT2D eigenvalue weighted by Gasteiger charge is -2.11. The highest BCUT2D eigenvalue weighted by Crippen LogP contribution is 2.16. The van der Waals surface area contributed by atoms with E-state index in [1.54, 1.807) is 19.2 Å². The fraction of sp³-hybridized carbons (Fsp3) is 0.182. The summed E-state index contributed by atoms with van der Waals surface area (Å²) in [6.45, 7) is 3.52. The topological polar surface area (TPSA) is 78.0 Å². The van der Waals surface area contributed by atoms with Gasteiger partial charge in [0.2, 0.25) is 0 Å². The summed E-state index contributed by atoms with van der Waals surface area (Å²) in [5.41, 5.74) is 6.18. The molecule has 5 nitrogen and oxygen atoms in total. The zero-order valence-corrected chi connectivity index (χ0v) is 9.02. The van der Waals surface area contributed by atoms with Crippen LogP contribution < -0.4 is 11.3 Å². The van der Waals surface area contributed by atoms with Crippen molar-refractivity contribution in [1.82, 2.24) is 9.55 Å². The number of amides is 1. The Bertz CT molecular complexity index is 643. The summed E-state index contributed by atoms with van der Waals surface area (Å²) in [6, 6.07) is 0.827. The van der Waals surface area contributed by atoms with Crippen LogP contribution in [0.15, 0.2) is 23.3 Å². The molecule has 0 atom stereocenters. The molecule has 0 aromatic carbocycles. The predicted molar refractivity (Wildman–Crippen MR) is 60.5 cm³/mol. The summed E-state index contributed by atoms with van der Waals surface area (Å²) >= 11 is 0. The van der Waals surface area contributed by atoms with Crippen LogP contribution in [0.1, 0.15) is 11.3 Å². The van der Waals surface area contributed by atoms with Crippen LogP contribution >= 0.6 is 0 Å². The van der Waals surface area contributed by atoms with Crippen molar-refractivity contribution in [3.63, 3.8) is 0 Å². The molecule has 0 aliphatic heterocycles. The molecule has 0 spiro atoms. The number of carbonyl (C=O) groups excluding carboxylic acids is 1. The number of rotatable bonds is 0. The highest BCUT2D eigenvalue weighted by molar-refractivity contribution is 5.88. The van der Waals surface area contributed by atoms with Gasteiger partial charge in [-0.1, -0.05) is 0 Å². The molecule has 0 unspecified atom stereocenters. The van der Waals surface area contributed by atoms with Crippen molar-refractivity contribution in [3.8, 4) is 0 Å². The van der Waals surface area contributed by atoms with E-state index < -0.39 is 11.6 Å². The molecule has 0 fully saturated rings. The van der Waals surface area contributed by atoms with Crippen LogP contribution in [0.5, 0.6) is 0 Å². The fourth-order valence-corrected chi connectivity index (χ4v) is 1.78. The number of carbonyl (C=O) groups is 1. The summed E-state index contributed by atoms with van der Waals surface area (Å²) in [6.07, 6.45) is 3.13. The second-order valence-corrected chi connectivity index (χ2v) is 3.61. The van der Waals surface area contributed by atoms with E-state index in [1.807, 2.05) is 6.92 Å². The summed E-state index contributed by atoms with van der Waals surface area (Å²) in [4.78, 5) is 27.2. The van der Waals surface area contributed by atoms with Gasteiger partial charge in [0.25, 0.3) is 5.56 Å². The number of aryl methyl sites for hydroxylation is 1. The lowest BCUT2D eigenvalue weighted by molar-refractivity contribution is 0.249. The SMILES string of the molecule is Cc1c(C)n(C(N)=O)c(=O)c2ccncc12. The molecule has 2 aromatic heterocycles. The summed E-state index contributed by atoms with van der Waals surface area (Å²) in [7, 11) is 0. The number of hydrogen-bond acceptors (Lipinski definition) is 3. The van der Waals surface area contributed by atoms with Gasteiger partial charge in [-0.3, -0.25) is 9.78 Å². The average molecular weight is 217 g/mol. The fourth-order valence-electron chi connectivity index (χ4n) is 1.78. The maximum atomic E-state index is 12.0. The minimum atomic E-state index is -0.760. The first-order chi connectivity index (χ1) is 7.54. The molecular formula is C11H11N3O2. The average Bonchev–Trinajstić information content (AvgIpc) is 2.26. The van der Waals surface area contributed by atoms with Crippen LogP contribution in [0.25, 0.3) is 10.8 Å². The van der Waals surface area contributed by atoms with Gasteiger partial charge in [-0.15, -0.1) is 0 Å². The van der Waals surface area contributed by atoms with Crippen LogP contribution in [0.2, 0.25) is 0 Å². The summed E-state index contributed by atoms with van der Waals surface area (Å²) < 4.78 is 0.984. The first-order valence-electron chi connectivity index (χ1n) is 4.79. The number of nitrogens with zero attached hydrogens (tertiary/aromatic N) is 2. The maximum Gasteiger partial charge on any atom is 0.326 e.